The number of aryl methyl sites for hydroxylation is 1. The number of hydrogen-bond donors (Lipinski definition) is 1. The van der Waals surface area contributed by atoms with Crippen LogP contribution in [0, 0.1) is 11.3 Å². The van der Waals surface area contributed by atoms with Crippen LogP contribution in [0.25, 0.3) is 10.9 Å². The maximum atomic E-state index is 12.5. The van der Waals surface area contributed by atoms with Gasteiger partial charge >= 0.3 is 6.09 Å². The van der Waals surface area contributed by atoms with E-state index in [4.69, 9.17) is 9.84 Å². The summed E-state index contributed by atoms with van der Waals surface area (Å²) in [6.45, 7) is 12.7. The molecule has 1 spiro atoms. The Morgan fingerprint density at radius 2 is 1.78 bits per heavy atom. The van der Waals surface area contributed by atoms with Crippen LogP contribution in [0.4, 0.5) is 10.5 Å². The minimum Gasteiger partial charge on any atom is -0.444 e. The third kappa shape index (κ3) is 5.80. The van der Waals surface area contributed by atoms with Gasteiger partial charge in [0, 0.05) is 75.8 Å². The Morgan fingerprint density at radius 3 is 2.44 bits per heavy atom. The third-order valence-corrected chi connectivity index (χ3v) is 9.56. The second-order valence-corrected chi connectivity index (χ2v) is 13.8. The van der Waals surface area contributed by atoms with Crippen LogP contribution in [-0.4, -0.2) is 88.9 Å². The molecule has 10 nitrogen and oxygen atoms in total. The Balaban J connectivity index is 0.988. The van der Waals surface area contributed by atoms with Gasteiger partial charge in [0.15, 0.2) is 0 Å². The van der Waals surface area contributed by atoms with Crippen LogP contribution in [0.1, 0.15) is 70.9 Å². The van der Waals surface area contributed by atoms with E-state index in [2.05, 4.69) is 33.3 Å². The van der Waals surface area contributed by atoms with Crippen molar-refractivity contribution in [3.8, 4) is 0 Å². The molecule has 1 aromatic carbocycles. The van der Waals surface area contributed by atoms with Gasteiger partial charge in [-0.2, -0.15) is 5.10 Å². The number of carbonyl (C=O) groups is 3. The number of fused-ring (bicyclic) bond motifs is 1. The number of carbonyl (C=O) groups excluding carboxylic acids is 3. The minimum atomic E-state index is -0.436. The van der Waals surface area contributed by atoms with Crippen molar-refractivity contribution in [1.82, 2.24) is 24.9 Å². The number of amides is 3. The van der Waals surface area contributed by atoms with Gasteiger partial charge in [0.2, 0.25) is 11.8 Å². The van der Waals surface area contributed by atoms with E-state index in [9.17, 15) is 14.4 Å². The van der Waals surface area contributed by atoms with Crippen molar-refractivity contribution in [3.05, 3.63) is 23.9 Å². The summed E-state index contributed by atoms with van der Waals surface area (Å²) >= 11 is 0. The number of ether oxygens (including phenoxy) is 1. The fourth-order valence-corrected chi connectivity index (χ4v) is 7.24. The van der Waals surface area contributed by atoms with E-state index < -0.39 is 5.60 Å². The molecular formula is C31H44N6O4. The topological polar surface area (TPSA) is 100 Å². The van der Waals surface area contributed by atoms with Crippen LogP contribution < -0.4 is 10.2 Å². The third-order valence-electron chi connectivity index (χ3n) is 9.56. The molecule has 3 aliphatic heterocycles. The summed E-state index contributed by atoms with van der Waals surface area (Å²) in [5, 5.41) is 8.14. The van der Waals surface area contributed by atoms with Gasteiger partial charge in [-0.05, 0) is 77.0 Å². The number of likely N-dealkylation sites (tertiary alicyclic amines) is 1. The molecule has 3 amide bonds. The fourth-order valence-electron chi connectivity index (χ4n) is 7.24. The average molecular weight is 565 g/mol. The quantitative estimate of drug-likeness (QED) is 0.566. The molecule has 4 heterocycles. The summed E-state index contributed by atoms with van der Waals surface area (Å²) in [4.78, 5) is 43.4. The molecule has 1 saturated carbocycles. The zero-order chi connectivity index (χ0) is 28.9. The van der Waals surface area contributed by atoms with Gasteiger partial charge in [0.1, 0.15) is 5.60 Å². The summed E-state index contributed by atoms with van der Waals surface area (Å²) in [6, 6.07) is 6.42. The number of nitrogens with zero attached hydrogens (tertiary/aromatic N) is 5. The predicted octanol–water partition coefficient (Wildman–Crippen LogP) is 3.64. The molecule has 4 aliphatic rings. The van der Waals surface area contributed by atoms with Gasteiger partial charge in [0.25, 0.3) is 0 Å². The molecule has 3 saturated heterocycles. The molecule has 0 bridgehead atoms. The van der Waals surface area contributed by atoms with Gasteiger partial charge in [-0.3, -0.25) is 24.5 Å². The van der Waals surface area contributed by atoms with E-state index in [1.54, 1.807) is 0 Å². The first kappa shape index (κ1) is 28.0. The smallest absolute Gasteiger partial charge is 0.410 e. The Kier molecular flexibility index (Phi) is 7.24. The molecule has 4 fully saturated rings. The van der Waals surface area contributed by atoms with Crippen molar-refractivity contribution in [2.45, 2.75) is 70.8 Å². The maximum absolute atomic E-state index is 12.5. The molecule has 10 heteroatoms. The highest BCUT2D eigenvalue weighted by atomic mass is 16.6. The Hall–Kier alpha value is -3.14. The first-order valence-corrected chi connectivity index (χ1v) is 15.2. The summed E-state index contributed by atoms with van der Waals surface area (Å²) in [6.07, 6.45) is 5.60. The van der Waals surface area contributed by atoms with Gasteiger partial charge in [-0.15, -0.1) is 0 Å². The molecule has 1 aromatic heterocycles. The SMILES string of the molecule is Cn1nc(C2CCC(=O)NC2=O)c2ccc(N3CCN(CC4CCC5(CC4)CN(C(=O)OC(C)(C)C)C5)CC3)cc21. The lowest BCUT2D eigenvalue weighted by molar-refractivity contribution is -0.134. The van der Waals surface area contributed by atoms with Gasteiger partial charge in [-0.1, -0.05) is 0 Å². The first-order valence-electron chi connectivity index (χ1n) is 15.2. The molecule has 1 unspecified atom stereocenters. The summed E-state index contributed by atoms with van der Waals surface area (Å²) in [5.74, 6) is -0.0942. The molecule has 6 rings (SSSR count). The Bertz CT molecular complexity index is 1320. The number of hydrogen-bond acceptors (Lipinski definition) is 7. The molecule has 222 valence electrons. The van der Waals surface area contributed by atoms with Crippen molar-refractivity contribution >= 4 is 34.5 Å². The van der Waals surface area contributed by atoms with Crippen LogP contribution in [0.5, 0.6) is 0 Å². The monoisotopic (exact) mass is 564 g/mol. The van der Waals surface area contributed by atoms with Crippen LogP contribution >= 0.6 is 0 Å². The van der Waals surface area contributed by atoms with Crippen molar-refractivity contribution in [3.63, 3.8) is 0 Å². The highest BCUT2D eigenvalue weighted by Gasteiger charge is 2.48. The van der Waals surface area contributed by atoms with Crippen LogP contribution in [-0.2, 0) is 21.4 Å². The van der Waals surface area contributed by atoms with Crippen molar-refractivity contribution in [2.75, 3.05) is 50.7 Å². The molecule has 1 atom stereocenters. The number of anilines is 1. The number of imide groups is 1. The second kappa shape index (κ2) is 10.6. The minimum absolute atomic E-state index is 0.166. The predicted molar refractivity (Wildman–Crippen MR) is 157 cm³/mol. The van der Waals surface area contributed by atoms with Crippen LogP contribution in [0.3, 0.4) is 0 Å². The number of rotatable bonds is 4. The maximum Gasteiger partial charge on any atom is 0.410 e. The van der Waals surface area contributed by atoms with E-state index in [1.165, 1.54) is 31.4 Å². The summed E-state index contributed by atoms with van der Waals surface area (Å²) in [5.41, 5.74) is 2.84. The lowest BCUT2D eigenvalue weighted by Crippen LogP contribution is -2.60. The highest BCUT2D eigenvalue weighted by Crippen LogP contribution is 2.46. The Morgan fingerprint density at radius 1 is 1.07 bits per heavy atom. The zero-order valence-electron chi connectivity index (χ0n) is 24.9. The molecule has 1 N–H and O–H groups in total. The lowest BCUT2D eigenvalue weighted by Gasteiger charge is -2.53. The number of piperazine rings is 1. The van der Waals surface area contributed by atoms with Gasteiger partial charge in [0.05, 0.1) is 17.1 Å². The first-order chi connectivity index (χ1) is 19.5. The number of aromatic nitrogens is 2. The second-order valence-electron chi connectivity index (χ2n) is 13.8. The van der Waals surface area contributed by atoms with Gasteiger partial charge < -0.3 is 14.5 Å². The van der Waals surface area contributed by atoms with E-state index in [-0.39, 0.29) is 23.8 Å². The number of benzene rings is 1. The summed E-state index contributed by atoms with van der Waals surface area (Å²) in [7, 11) is 1.92. The number of nitrogens with one attached hydrogen (secondary N) is 1. The number of piperidine rings is 1. The van der Waals surface area contributed by atoms with E-state index in [0.717, 1.165) is 68.3 Å². The van der Waals surface area contributed by atoms with E-state index >= 15 is 0 Å². The van der Waals surface area contributed by atoms with E-state index in [1.807, 2.05) is 37.4 Å². The molecule has 2 aromatic rings. The van der Waals surface area contributed by atoms with E-state index in [0.29, 0.717) is 18.3 Å². The van der Waals surface area contributed by atoms with Crippen molar-refractivity contribution in [1.29, 1.82) is 0 Å². The molecule has 0 radical (unpaired) electrons. The fraction of sp³-hybridized carbons (Fsp3) is 0.677. The molecular weight excluding hydrogens is 520 g/mol. The zero-order valence-corrected chi connectivity index (χ0v) is 24.9. The largest absolute Gasteiger partial charge is 0.444 e. The Labute approximate surface area is 242 Å². The van der Waals surface area contributed by atoms with Crippen LogP contribution in [0.15, 0.2) is 18.2 Å². The lowest BCUT2D eigenvalue weighted by atomic mass is 9.66. The highest BCUT2D eigenvalue weighted by molar-refractivity contribution is 6.02. The average Bonchev–Trinajstić information content (AvgIpc) is 3.22. The van der Waals surface area contributed by atoms with Gasteiger partial charge in [-0.25, -0.2) is 4.79 Å². The normalized spacial score (nSPS) is 24.0. The summed E-state index contributed by atoms with van der Waals surface area (Å²) < 4.78 is 7.41. The van der Waals surface area contributed by atoms with Crippen molar-refractivity contribution < 1.29 is 19.1 Å². The standard InChI is InChI=1S/C31H44N6O4/c1-30(2,3)41-29(40)37-19-31(20-37)11-9-21(10-12-31)18-35-13-15-36(16-14-35)22-5-6-23-25(17-22)34(4)33-27(23)24-7-8-26(38)32-28(24)39/h5-6,17,21,24H,7-16,18-20H2,1-4H3,(H,32,38,39). The van der Waals surface area contributed by atoms with Crippen molar-refractivity contribution in [2.24, 2.45) is 18.4 Å². The van der Waals surface area contributed by atoms with Crippen LogP contribution in [0.2, 0.25) is 0 Å². The molecule has 41 heavy (non-hydrogen) atoms. The molecule has 1 aliphatic carbocycles.